The first kappa shape index (κ1) is 14.9. The second kappa shape index (κ2) is 5.61. The van der Waals surface area contributed by atoms with Crippen LogP contribution in [0, 0.1) is 12.8 Å². The topological polar surface area (TPSA) is 63.4 Å². The smallest absolute Gasteiger partial charge is 0.243 e. The molecule has 4 nitrogen and oxygen atoms in total. The summed E-state index contributed by atoms with van der Waals surface area (Å²) in [6, 6.07) is 5.32. The molecule has 2 unspecified atom stereocenters. The van der Waals surface area contributed by atoms with Crippen molar-refractivity contribution in [2.45, 2.75) is 56.4 Å². The molecule has 3 rings (SSSR count). The summed E-state index contributed by atoms with van der Waals surface area (Å²) >= 11 is 0. The Labute approximate surface area is 127 Å². The zero-order chi connectivity index (χ0) is 15.0. The number of sulfonamides is 1. The average molecular weight is 308 g/mol. The van der Waals surface area contributed by atoms with Gasteiger partial charge < -0.3 is 5.73 Å². The van der Waals surface area contributed by atoms with Crippen LogP contribution in [0.4, 0.5) is 5.69 Å². The average Bonchev–Trinajstić information content (AvgIpc) is 2.45. The molecule has 2 N–H and O–H groups in total. The molecule has 2 fully saturated rings. The molecule has 1 heterocycles. The van der Waals surface area contributed by atoms with E-state index in [-0.39, 0.29) is 6.04 Å². The van der Waals surface area contributed by atoms with E-state index >= 15 is 0 Å². The van der Waals surface area contributed by atoms with Gasteiger partial charge in [0.15, 0.2) is 0 Å². The third-order valence-electron chi connectivity index (χ3n) is 4.87. The summed E-state index contributed by atoms with van der Waals surface area (Å²) in [5, 5.41) is 0. The summed E-state index contributed by atoms with van der Waals surface area (Å²) in [5.74, 6) is 0.546. The van der Waals surface area contributed by atoms with Crippen molar-refractivity contribution in [2.75, 3.05) is 12.3 Å². The highest BCUT2D eigenvalue weighted by molar-refractivity contribution is 7.89. The van der Waals surface area contributed by atoms with E-state index in [0.29, 0.717) is 23.0 Å². The van der Waals surface area contributed by atoms with Crippen molar-refractivity contribution in [3.8, 4) is 0 Å². The Bertz CT molecular complexity index is 605. The monoisotopic (exact) mass is 308 g/mol. The number of anilines is 1. The van der Waals surface area contributed by atoms with E-state index in [4.69, 9.17) is 5.73 Å². The molecule has 1 aliphatic carbocycles. The van der Waals surface area contributed by atoms with Crippen molar-refractivity contribution in [3.05, 3.63) is 23.8 Å². The number of hydrogen-bond acceptors (Lipinski definition) is 3. The maximum absolute atomic E-state index is 13.0. The minimum atomic E-state index is -3.42. The largest absolute Gasteiger partial charge is 0.399 e. The first-order chi connectivity index (χ1) is 9.98. The van der Waals surface area contributed by atoms with Crippen LogP contribution < -0.4 is 5.73 Å². The number of nitrogen functional groups attached to an aromatic ring is 1. The molecule has 0 aromatic heterocycles. The van der Waals surface area contributed by atoms with Gasteiger partial charge in [-0.3, -0.25) is 0 Å². The lowest BCUT2D eigenvalue weighted by Crippen LogP contribution is -2.49. The second-order valence-corrected chi connectivity index (χ2v) is 8.34. The predicted molar refractivity (Wildman–Crippen MR) is 84.5 cm³/mol. The maximum Gasteiger partial charge on any atom is 0.243 e. The normalized spacial score (nSPS) is 27.3. The van der Waals surface area contributed by atoms with E-state index in [0.717, 1.165) is 24.8 Å². The van der Waals surface area contributed by atoms with E-state index in [1.807, 2.05) is 6.92 Å². The molecular weight excluding hydrogens is 284 g/mol. The third-order valence-corrected chi connectivity index (χ3v) is 6.77. The summed E-state index contributed by atoms with van der Waals surface area (Å²) in [5.41, 5.74) is 7.25. The van der Waals surface area contributed by atoms with Crippen molar-refractivity contribution in [3.63, 3.8) is 0 Å². The molecule has 1 aromatic carbocycles. The van der Waals surface area contributed by atoms with Crippen molar-refractivity contribution >= 4 is 15.7 Å². The molecular formula is C16H24N2O2S. The highest BCUT2D eigenvalue weighted by atomic mass is 32.2. The number of piperidine rings is 1. The molecule has 116 valence electrons. The van der Waals surface area contributed by atoms with Gasteiger partial charge in [-0.15, -0.1) is 0 Å². The van der Waals surface area contributed by atoms with Crippen LogP contribution in [-0.2, 0) is 10.0 Å². The van der Waals surface area contributed by atoms with Gasteiger partial charge in [0.05, 0.1) is 4.90 Å². The Morgan fingerprint density at radius 3 is 2.57 bits per heavy atom. The van der Waals surface area contributed by atoms with Crippen molar-refractivity contribution in [2.24, 2.45) is 5.92 Å². The summed E-state index contributed by atoms with van der Waals surface area (Å²) < 4.78 is 27.8. The molecule has 2 atom stereocenters. The standard InChI is InChI=1S/C16H24N2O2S/c1-12-9-14(17)11-15(10-12)21(19,20)18-8-4-6-13-5-2-3-7-16(13)18/h9-11,13,16H,2-8,17H2,1H3. The van der Waals surface area contributed by atoms with Gasteiger partial charge in [-0.1, -0.05) is 12.8 Å². The molecule has 1 aliphatic heterocycles. The number of nitrogens with zero attached hydrogens (tertiary/aromatic N) is 1. The third kappa shape index (κ3) is 2.81. The Hall–Kier alpha value is -1.07. The van der Waals surface area contributed by atoms with Crippen LogP contribution in [0.15, 0.2) is 23.1 Å². The summed E-state index contributed by atoms with van der Waals surface area (Å²) in [6.07, 6.45) is 6.71. The molecule has 0 bridgehead atoms. The van der Waals surface area contributed by atoms with Crippen molar-refractivity contribution < 1.29 is 8.42 Å². The van der Waals surface area contributed by atoms with Gasteiger partial charge in [0, 0.05) is 18.3 Å². The van der Waals surface area contributed by atoms with Gasteiger partial charge in [-0.05, 0) is 62.3 Å². The summed E-state index contributed by atoms with van der Waals surface area (Å²) in [7, 11) is -3.42. The minimum Gasteiger partial charge on any atom is -0.399 e. The van der Waals surface area contributed by atoms with E-state index in [1.54, 1.807) is 22.5 Å². The minimum absolute atomic E-state index is 0.194. The van der Waals surface area contributed by atoms with Crippen LogP contribution in [0.2, 0.25) is 0 Å². The maximum atomic E-state index is 13.0. The van der Waals surface area contributed by atoms with Crippen LogP contribution in [-0.4, -0.2) is 25.3 Å². The van der Waals surface area contributed by atoms with Crippen LogP contribution >= 0.6 is 0 Å². The van der Waals surface area contributed by atoms with Gasteiger partial charge >= 0.3 is 0 Å². The zero-order valence-electron chi connectivity index (χ0n) is 12.6. The highest BCUT2D eigenvalue weighted by Crippen LogP contribution is 2.38. The molecule has 1 aromatic rings. The van der Waals surface area contributed by atoms with Gasteiger partial charge in [-0.25, -0.2) is 8.42 Å². The Balaban J connectivity index is 1.96. The Morgan fingerprint density at radius 1 is 1.10 bits per heavy atom. The molecule has 0 spiro atoms. The lowest BCUT2D eigenvalue weighted by atomic mass is 9.79. The predicted octanol–water partition coefficient (Wildman–Crippen LogP) is 2.92. The number of hydrogen-bond donors (Lipinski definition) is 1. The quantitative estimate of drug-likeness (QED) is 0.854. The second-order valence-electron chi connectivity index (χ2n) is 6.45. The summed E-state index contributed by atoms with van der Waals surface area (Å²) in [6.45, 7) is 2.53. The molecule has 2 aliphatic rings. The van der Waals surface area contributed by atoms with Crippen molar-refractivity contribution in [1.29, 1.82) is 0 Å². The lowest BCUT2D eigenvalue weighted by Gasteiger charge is -2.43. The number of rotatable bonds is 2. The first-order valence-corrected chi connectivity index (χ1v) is 9.31. The number of nitrogens with two attached hydrogens (primary N) is 1. The fraction of sp³-hybridized carbons (Fsp3) is 0.625. The number of benzene rings is 1. The van der Waals surface area contributed by atoms with Crippen LogP contribution in [0.5, 0.6) is 0 Å². The van der Waals surface area contributed by atoms with E-state index in [2.05, 4.69) is 0 Å². The number of fused-ring (bicyclic) bond motifs is 1. The molecule has 1 saturated heterocycles. The fourth-order valence-corrected chi connectivity index (χ4v) is 5.83. The SMILES string of the molecule is Cc1cc(N)cc(S(=O)(=O)N2CCCC3CCCCC32)c1. The van der Waals surface area contributed by atoms with E-state index < -0.39 is 10.0 Å². The highest BCUT2D eigenvalue weighted by Gasteiger charge is 2.39. The molecule has 5 heteroatoms. The first-order valence-electron chi connectivity index (χ1n) is 7.87. The van der Waals surface area contributed by atoms with Crippen LogP contribution in [0.3, 0.4) is 0 Å². The zero-order valence-corrected chi connectivity index (χ0v) is 13.4. The molecule has 1 saturated carbocycles. The summed E-state index contributed by atoms with van der Waals surface area (Å²) in [4.78, 5) is 0.353. The Morgan fingerprint density at radius 2 is 1.81 bits per heavy atom. The number of aryl methyl sites for hydroxylation is 1. The van der Waals surface area contributed by atoms with Gasteiger partial charge in [0.2, 0.25) is 10.0 Å². The molecule has 21 heavy (non-hydrogen) atoms. The van der Waals surface area contributed by atoms with Gasteiger partial charge in [0.1, 0.15) is 0 Å². The Kier molecular flexibility index (Phi) is 3.97. The van der Waals surface area contributed by atoms with Crippen molar-refractivity contribution in [1.82, 2.24) is 4.31 Å². The van der Waals surface area contributed by atoms with Crippen LogP contribution in [0.25, 0.3) is 0 Å². The molecule has 0 amide bonds. The van der Waals surface area contributed by atoms with E-state index in [9.17, 15) is 8.42 Å². The van der Waals surface area contributed by atoms with Crippen LogP contribution in [0.1, 0.15) is 44.1 Å². The lowest BCUT2D eigenvalue weighted by molar-refractivity contribution is 0.129. The van der Waals surface area contributed by atoms with Gasteiger partial charge in [-0.2, -0.15) is 4.31 Å². The molecule has 0 radical (unpaired) electrons. The van der Waals surface area contributed by atoms with E-state index in [1.165, 1.54) is 19.3 Å². The fourth-order valence-electron chi connectivity index (χ4n) is 3.94. The van der Waals surface area contributed by atoms with Gasteiger partial charge in [0.25, 0.3) is 0 Å².